The molecule has 0 bridgehead atoms. The number of rotatable bonds is 2. The van der Waals surface area contributed by atoms with E-state index in [0.29, 0.717) is 5.69 Å². The van der Waals surface area contributed by atoms with Crippen LogP contribution < -0.4 is 10.0 Å². The fourth-order valence-corrected chi connectivity index (χ4v) is 3.29. The molecular formula is C16H18NO4-. The molecule has 0 spiro atoms. The minimum atomic E-state index is -1.25. The third kappa shape index (κ3) is 2.48. The molecule has 1 atom stereocenters. The van der Waals surface area contributed by atoms with E-state index < -0.39 is 23.7 Å². The minimum Gasteiger partial charge on any atom is -0.548 e. The molecule has 3 rings (SSSR count). The first-order chi connectivity index (χ1) is 10.0. The van der Waals surface area contributed by atoms with Crippen LogP contribution in [-0.4, -0.2) is 23.7 Å². The molecule has 1 fully saturated rings. The highest BCUT2D eigenvalue weighted by Crippen LogP contribution is 2.37. The van der Waals surface area contributed by atoms with E-state index in [1.54, 1.807) is 12.1 Å². The second-order valence-corrected chi connectivity index (χ2v) is 6.06. The fraction of sp³-hybridized carbons (Fsp3) is 0.500. The van der Waals surface area contributed by atoms with Crippen molar-refractivity contribution in [2.45, 2.75) is 50.7 Å². The quantitative estimate of drug-likeness (QED) is 0.829. The number of benzene rings is 1. The Hall–Kier alpha value is -2.04. The fourth-order valence-electron chi connectivity index (χ4n) is 3.29. The van der Waals surface area contributed by atoms with Crippen molar-refractivity contribution in [1.29, 1.82) is 0 Å². The molecule has 5 heteroatoms. The Balaban J connectivity index is 1.87. The topological polar surface area (TPSA) is 69.7 Å². The second-order valence-electron chi connectivity index (χ2n) is 6.06. The van der Waals surface area contributed by atoms with Gasteiger partial charge in [0.1, 0.15) is 5.60 Å². The van der Waals surface area contributed by atoms with Gasteiger partial charge >= 0.3 is 6.09 Å². The predicted molar refractivity (Wildman–Crippen MR) is 74.8 cm³/mol. The maximum Gasteiger partial charge on any atom is 0.415 e. The van der Waals surface area contributed by atoms with E-state index in [1.807, 2.05) is 19.1 Å². The van der Waals surface area contributed by atoms with Crippen LogP contribution in [0, 0.1) is 0 Å². The normalized spacial score (nSPS) is 22.9. The number of hydrogen-bond donors (Lipinski definition) is 0. The molecule has 0 saturated heterocycles. The lowest BCUT2D eigenvalue weighted by atomic mass is 10.1. The summed E-state index contributed by atoms with van der Waals surface area (Å²) < 4.78 is 5.62. The third-order valence-corrected chi connectivity index (χ3v) is 4.44. The van der Waals surface area contributed by atoms with E-state index in [-0.39, 0.29) is 6.42 Å². The van der Waals surface area contributed by atoms with Gasteiger partial charge < -0.3 is 14.6 Å². The van der Waals surface area contributed by atoms with Crippen molar-refractivity contribution in [3.63, 3.8) is 0 Å². The highest BCUT2D eigenvalue weighted by Gasteiger charge is 2.40. The lowest BCUT2D eigenvalue weighted by molar-refractivity contribution is -0.307. The van der Waals surface area contributed by atoms with Gasteiger partial charge in [0.2, 0.25) is 0 Å². The summed E-state index contributed by atoms with van der Waals surface area (Å²) in [5.41, 5.74) is 0.962. The van der Waals surface area contributed by atoms with Crippen LogP contribution in [0.3, 0.4) is 0 Å². The average Bonchev–Trinajstić information content (AvgIpc) is 3.02. The number of carbonyl (C=O) groups is 2. The van der Waals surface area contributed by atoms with Crippen LogP contribution in [0.2, 0.25) is 0 Å². The van der Waals surface area contributed by atoms with E-state index in [1.165, 1.54) is 4.90 Å². The van der Waals surface area contributed by atoms with E-state index in [0.717, 1.165) is 31.2 Å². The van der Waals surface area contributed by atoms with Crippen LogP contribution in [0.5, 0.6) is 0 Å². The molecule has 21 heavy (non-hydrogen) atoms. The number of ether oxygens (including phenoxy) is 1. The Kier molecular flexibility index (Phi) is 3.35. The minimum absolute atomic E-state index is 0.268. The molecule has 1 saturated carbocycles. The Morgan fingerprint density at radius 1 is 1.29 bits per heavy atom. The maximum atomic E-state index is 12.5. The van der Waals surface area contributed by atoms with Crippen molar-refractivity contribution in [2.75, 3.05) is 4.90 Å². The monoisotopic (exact) mass is 288 g/mol. The molecule has 0 aromatic heterocycles. The first-order valence-corrected chi connectivity index (χ1v) is 7.31. The lowest BCUT2D eigenvalue weighted by Gasteiger charge is -2.31. The van der Waals surface area contributed by atoms with Crippen molar-refractivity contribution < 1.29 is 19.4 Å². The molecule has 1 aliphatic heterocycles. The number of carbonyl (C=O) groups excluding carboxylic acids is 2. The van der Waals surface area contributed by atoms with Crippen LogP contribution in [0.1, 0.15) is 38.2 Å². The zero-order chi connectivity index (χ0) is 15.0. The molecule has 0 N–H and O–H groups in total. The van der Waals surface area contributed by atoms with Gasteiger partial charge in [-0.3, -0.25) is 4.90 Å². The number of carboxylic acid groups (broad SMARTS) is 1. The molecular weight excluding hydrogens is 270 g/mol. The number of anilines is 1. The van der Waals surface area contributed by atoms with Crippen LogP contribution in [0.25, 0.3) is 0 Å². The molecule has 2 aliphatic rings. The van der Waals surface area contributed by atoms with Gasteiger partial charge in [0.05, 0.1) is 17.7 Å². The summed E-state index contributed by atoms with van der Waals surface area (Å²) in [5.74, 6) is -1.25. The number of nitrogens with zero attached hydrogens (tertiary/aromatic N) is 1. The summed E-state index contributed by atoms with van der Waals surface area (Å²) in [6.45, 7) is 1.91. The number of carboxylic acids is 1. The van der Waals surface area contributed by atoms with Crippen LogP contribution >= 0.6 is 0 Å². The Bertz CT molecular complexity index is 577. The molecule has 0 radical (unpaired) electrons. The Morgan fingerprint density at radius 3 is 2.62 bits per heavy atom. The summed E-state index contributed by atoms with van der Waals surface area (Å²) >= 11 is 0. The molecule has 1 heterocycles. The van der Waals surface area contributed by atoms with Gasteiger partial charge in [-0.25, -0.2) is 4.79 Å². The molecule has 112 valence electrons. The summed E-state index contributed by atoms with van der Waals surface area (Å²) in [6, 6.07) is 6.21. The van der Waals surface area contributed by atoms with Crippen molar-refractivity contribution in [3.8, 4) is 0 Å². The zero-order valence-corrected chi connectivity index (χ0v) is 12.0. The molecule has 1 aromatic rings. The first kappa shape index (κ1) is 13.9. The Morgan fingerprint density at radius 2 is 1.95 bits per heavy atom. The van der Waals surface area contributed by atoms with Gasteiger partial charge in [-0.05, 0) is 44.2 Å². The van der Waals surface area contributed by atoms with Crippen molar-refractivity contribution in [1.82, 2.24) is 0 Å². The predicted octanol–water partition coefficient (Wildman–Crippen LogP) is 1.64. The van der Waals surface area contributed by atoms with E-state index in [2.05, 4.69) is 0 Å². The van der Waals surface area contributed by atoms with Crippen LogP contribution in [0.15, 0.2) is 24.3 Å². The third-order valence-electron chi connectivity index (χ3n) is 4.44. The lowest BCUT2D eigenvalue weighted by Crippen LogP contribution is -2.50. The summed E-state index contributed by atoms with van der Waals surface area (Å²) in [6.07, 6.45) is 3.39. The number of hydrogen-bond acceptors (Lipinski definition) is 4. The SMILES string of the molecule is CC1(OC(=O)N2c3ccccc3CC2C(=O)[O-])CCCC1. The number of aliphatic carboxylic acids is 1. The maximum absolute atomic E-state index is 12.5. The zero-order valence-electron chi connectivity index (χ0n) is 12.0. The van der Waals surface area contributed by atoms with Crippen LogP contribution in [0.4, 0.5) is 10.5 Å². The van der Waals surface area contributed by atoms with Gasteiger partial charge in [0, 0.05) is 6.42 Å². The van der Waals surface area contributed by atoms with E-state index in [9.17, 15) is 14.7 Å². The summed E-state index contributed by atoms with van der Waals surface area (Å²) in [4.78, 5) is 25.1. The Labute approximate surface area is 123 Å². The van der Waals surface area contributed by atoms with Gasteiger partial charge in [-0.15, -0.1) is 0 Å². The highest BCUT2D eigenvalue weighted by atomic mass is 16.6. The number of para-hydroxylation sites is 1. The first-order valence-electron chi connectivity index (χ1n) is 7.31. The standard InChI is InChI=1S/C16H19NO4/c1-16(8-4-5-9-16)21-15(20)17-12-7-3-2-6-11(12)10-13(17)14(18)19/h2-3,6-7,13H,4-5,8-10H2,1H3,(H,18,19)/p-1. The van der Waals surface area contributed by atoms with Gasteiger partial charge in [0.25, 0.3) is 0 Å². The van der Waals surface area contributed by atoms with Crippen molar-refractivity contribution in [3.05, 3.63) is 29.8 Å². The van der Waals surface area contributed by atoms with Gasteiger partial charge in [-0.1, -0.05) is 18.2 Å². The highest BCUT2D eigenvalue weighted by molar-refractivity contribution is 5.98. The molecule has 5 nitrogen and oxygen atoms in total. The number of amides is 1. The molecule has 1 aliphatic carbocycles. The van der Waals surface area contributed by atoms with E-state index in [4.69, 9.17) is 4.74 Å². The second kappa shape index (κ2) is 5.06. The van der Waals surface area contributed by atoms with Crippen molar-refractivity contribution >= 4 is 17.7 Å². The summed E-state index contributed by atoms with van der Waals surface area (Å²) in [5, 5.41) is 11.3. The molecule has 1 aromatic carbocycles. The average molecular weight is 288 g/mol. The molecule has 1 amide bonds. The smallest absolute Gasteiger partial charge is 0.415 e. The number of fused-ring (bicyclic) bond motifs is 1. The molecule has 1 unspecified atom stereocenters. The van der Waals surface area contributed by atoms with Crippen LogP contribution in [-0.2, 0) is 16.0 Å². The van der Waals surface area contributed by atoms with E-state index >= 15 is 0 Å². The van der Waals surface area contributed by atoms with Gasteiger partial charge in [0.15, 0.2) is 0 Å². The van der Waals surface area contributed by atoms with Crippen molar-refractivity contribution in [2.24, 2.45) is 0 Å². The largest absolute Gasteiger partial charge is 0.548 e. The summed E-state index contributed by atoms with van der Waals surface area (Å²) in [7, 11) is 0. The van der Waals surface area contributed by atoms with Gasteiger partial charge in [-0.2, -0.15) is 0 Å².